The molecule has 0 saturated carbocycles. The van der Waals surface area contributed by atoms with Gasteiger partial charge in [0.15, 0.2) is 0 Å². The van der Waals surface area contributed by atoms with Crippen LogP contribution in [0.1, 0.15) is 0 Å². The van der Waals surface area contributed by atoms with Crippen molar-refractivity contribution in [2.24, 2.45) is 0 Å². The molecule has 3 aromatic heterocycles. The first-order valence-electron chi connectivity index (χ1n) is 24.0. The summed E-state index contributed by atoms with van der Waals surface area (Å²) in [6.45, 7) is 9.31. The van der Waals surface area contributed by atoms with Gasteiger partial charge in [0.25, 0.3) is 5.69 Å². The molecule has 0 bridgehead atoms. The van der Waals surface area contributed by atoms with Crippen molar-refractivity contribution in [3.63, 3.8) is 0 Å². The fraction of sp³-hybridized carbons (Fsp3) is 0. The highest BCUT2D eigenvalue weighted by Gasteiger charge is 2.28. The topological polar surface area (TPSA) is 27.4 Å². The molecule has 0 N–H and O–H groups in total. The Bertz CT molecular complexity index is 4230. The van der Waals surface area contributed by atoms with Gasteiger partial charge in [0.05, 0.1) is 40.0 Å². The van der Waals surface area contributed by atoms with Gasteiger partial charge in [0.1, 0.15) is 11.2 Å². The van der Waals surface area contributed by atoms with Crippen LogP contribution in [0.15, 0.2) is 253 Å². The van der Waals surface area contributed by atoms with Gasteiger partial charge in [-0.05, 0) is 105 Å². The molecule has 3 heterocycles. The number of benzene rings is 11. The van der Waals surface area contributed by atoms with Crippen LogP contribution in [0.2, 0.25) is 0 Å². The maximum atomic E-state index is 9.31. The normalized spacial score (nSPS) is 11.6. The lowest BCUT2D eigenvalue weighted by Gasteiger charge is -2.19. The second kappa shape index (κ2) is 16.2. The van der Waals surface area contributed by atoms with Gasteiger partial charge in [-0.15, -0.1) is 0 Å². The Morgan fingerprint density at radius 2 is 0.676 bits per heavy atom. The first-order valence-corrected chi connectivity index (χ1v) is 24.0. The molecular formula is C67H41N3O. The van der Waals surface area contributed by atoms with E-state index in [1.807, 2.05) is 6.07 Å². The van der Waals surface area contributed by atoms with E-state index in [1.54, 1.807) is 0 Å². The van der Waals surface area contributed by atoms with E-state index in [0.29, 0.717) is 11.3 Å². The monoisotopic (exact) mass is 903 g/mol. The molecule has 0 aliphatic carbocycles. The number of aromatic nitrogens is 2. The molecule has 0 unspecified atom stereocenters. The van der Waals surface area contributed by atoms with E-state index in [4.69, 9.17) is 4.42 Å². The summed E-state index contributed by atoms with van der Waals surface area (Å²) in [7, 11) is 0. The Kier molecular flexibility index (Phi) is 9.23. The average Bonchev–Trinajstić information content (AvgIpc) is 4.10. The van der Waals surface area contributed by atoms with Crippen LogP contribution in [0.5, 0.6) is 0 Å². The van der Waals surface area contributed by atoms with E-state index in [1.165, 1.54) is 0 Å². The first kappa shape index (κ1) is 40.4. The number of para-hydroxylation sites is 1. The Balaban J connectivity index is 1.15. The lowest BCUT2D eigenvalue weighted by atomic mass is 10.0. The fourth-order valence-electron chi connectivity index (χ4n) is 11.0. The van der Waals surface area contributed by atoms with Gasteiger partial charge in [-0.1, -0.05) is 194 Å². The second-order valence-corrected chi connectivity index (χ2v) is 18.3. The maximum Gasteiger partial charge on any atom is 0.254 e. The van der Waals surface area contributed by atoms with Crippen LogP contribution in [0.25, 0.3) is 137 Å². The largest absolute Gasteiger partial charge is 0.466 e. The van der Waals surface area contributed by atoms with Crippen LogP contribution in [0.4, 0.5) is 5.69 Å². The predicted molar refractivity (Wildman–Crippen MR) is 296 cm³/mol. The molecule has 14 aromatic rings. The van der Waals surface area contributed by atoms with Crippen LogP contribution in [0.3, 0.4) is 0 Å². The Hall–Kier alpha value is -9.69. The van der Waals surface area contributed by atoms with Gasteiger partial charge in [0.2, 0.25) is 0 Å². The quantitative estimate of drug-likeness (QED) is 0.146. The zero-order chi connectivity index (χ0) is 47.0. The number of nitrogens with zero attached hydrogens (tertiary/aromatic N) is 3. The van der Waals surface area contributed by atoms with Gasteiger partial charge >= 0.3 is 0 Å². The zero-order valence-electron chi connectivity index (χ0n) is 38.4. The summed E-state index contributed by atoms with van der Waals surface area (Å²) >= 11 is 0. The molecule has 0 atom stereocenters. The van der Waals surface area contributed by atoms with E-state index >= 15 is 0 Å². The van der Waals surface area contributed by atoms with Crippen molar-refractivity contribution in [1.82, 2.24) is 9.13 Å². The molecule has 0 fully saturated rings. The van der Waals surface area contributed by atoms with Crippen LogP contribution in [-0.2, 0) is 0 Å². The molecule has 0 aliphatic heterocycles. The van der Waals surface area contributed by atoms with E-state index in [9.17, 15) is 6.57 Å². The highest BCUT2D eigenvalue weighted by Crippen LogP contribution is 2.50. The summed E-state index contributed by atoms with van der Waals surface area (Å²) in [4.78, 5) is 4.56. The zero-order valence-corrected chi connectivity index (χ0v) is 38.4. The molecule has 0 amide bonds. The predicted octanol–water partition coefficient (Wildman–Crippen LogP) is 18.7. The summed E-state index contributed by atoms with van der Waals surface area (Å²) in [5.74, 6) is 0. The molecule has 330 valence electrons. The van der Waals surface area contributed by atoms with Crippen molar-refractivity contribution in [3.8, 4) is 67.0 Å². The number of furan rings is 1. The minimum Gasteiger partial charge on any atom is -0.466 e. The van der Waals surface area contributed by atoms with Crippen LogP contribution < -0.4 is 0 Å². The molecule has 14 rings (SSSR count). The molecule has 11 aromatic carbocycles. The summed E-state index contributed by atoms with van der Waals surface area (Å²) in [5, 5.41) is 6.29. The molecule has 4 nitrogen and oxygen atoms in total. The van der Waals surface area contributed by atoms with Crippen molar-refractivity contribution in [3.05, 3.63) is 260 Å². The van der Waals surface area contributed by atoms with Gasteiger partial charge in [0, 0.05) is 37.9 Å². The van der Waals surface area contributed by atoms with Crippen molar-refractivity contribution in [2.75, 3.05) is 0 Å². The molecule has 0 saturated heterocycles. The van der Waals surface area contributed by atoms with Crippen molar-refractivity contribution in [1.29, 1.82) is 0 Å². The van der Waals surface area contributed by atoms with Gasteiger partial charge < -0.3 is 13.6 Å². The Labute approximate surface area is 410 Å². The minimum absolute atomic E-state index is 0.447. The number of fused-ring (bicyclic) bond motifs is 9. The highest BCUT2D eigenvalue weighted by atomic mass is 16.3. The summed E-state index contributed by atoms with van der Waals surface area (Å²) in [6, 6.07) is 88.5. The third-order valence-electron chi connectivity index (χ3n) is 14.3. The maximum absolute atomic E-state index is 9.31. The van der Waals surface area contributed by atoms with E-state index in [-0.39, 0.29) is 0 Å². The molecule has 0 radical (unpaired) electrons. The Morgan fingerprint density at radius 3 is 1.07 bits per heavy atom. The minimum atomic E-state index is 0.447. The van der Waals surface area contributed by atoms with E-state index < -0.39 is 0 Å². The number of rotatable bonds is 7. The number of hydrogen-bond acceptors (Lipinski definition) is 1. The van der Waals surface area contributed by atoms with Crippen LogP contribution in [-0.4, -0.2) is 9.13 Å². The summed E-state index contributed by atoms with van der Waals surface area (Å²) < 4.78 is 11.8. The smallest absolute Gasteiger partial charge is 0.254 e. The lowest BCUT2D eigenvalue weighted by molar-refractivity contribution is 0.671. The standard InChI is InChI=1S/C67H41N3O/c1-68-64-65(70-61-36-32-50(45-22-11-4-12-23-45)40-56(61)57-41-51(33-37-62(57)70)46-24-13-5-14-25-46)63(42-58-53-29-17-28-52(66(53)71-67(58)64)47-26-15-6-16-27-47)69-59-34-30-48(43-18-7-2-8-19-43)38-54(59)55-39-49(31-35-60(55)69)44-20-9-3-10-21-44/h2-42H. The van der Waals surface area contributed by atoms with E-state index in [2.05, 4.69) is 257 Å². The summed E-state index contributed by atoms with van der Waals surface area (Å²) in [5.41, 5.74) is 18.6. The molecule has 71 heavy (non-hydrogen) atoms. The van der Waals surface area contributed by atoms with Gasteiger partial charge in [-0.2, -0.15) is 0 Å². The third-order valence-corrected chi connectivity index (χ3v) is 14.3. The highest BCUT2D eigenvalue weighted by molar-refractivity contribution is 6.19. The molecule has 0 spiro atoms. The van der Waals surface area contributed by atoms with Crippen LogP contribution in [0, 0.1) is 6.57 Å². The average molecular weight is 904 g/mol. The first-order chi connectivity index (χ1) is 35.2. The SMILES string of the molecule is [C-]#[N+]c1c(-n2c3ccc(-c4ccccc4)cc3c3cc(-c4ccccc4)ccc32)c(-n2c3ccc(-c4ccccc4)cc3c3cc(-c4ccccc4)ccc32)cc2c1oc1c(-c3ccccc3)cccc12. The second-order valence-electron chi connectivity index (χ2n) is 18.3. The van der Waals surface area contributed by atoms with Crippen LogP contribution >= 0.6 is 0 Å². The lowest BCUT2D eigenvalue weighted by Crippen LogP contribution is -2.04. The molecule has 0 aliphatic rings. The Morgan fingerprint density at radius 1 is 0.296 bits per heavy atom. The third kappa shape index (κ3) is 6.45. The molecule has 4 heteroatoms. The van der Waals surface area contributed by atoms with Gasteiger partial charge in [-0.25, -0.2) is 4.85 Å². The van der Waals surface area contributed by atoms with Crippen molar-refractivity contribution in [2.45, 2.75) is 0 Å². The fourth-order valence-corrected chi connectivity index (χ4v) is 11.0. The van der Waals surface area contributed by atoms with Crippen molar-refractivity contribution >= 4 is 71.2 Å². The summed E-state index contributed by atoms with van der Waals surface area (Å²) in [6.07, 6.45) is 0. The van der Waals surface area contributed by atoms with Crippen molar-refractivity contribution < 1.29 is 4.42 Å². The van der Waals surface area contributed by atoms with Gasteiger partial charge in [-0.3, -0.25) is 0 Å². The molecular weight excluding hydrogens is 863 g/mol. The van der Waals surface area contributed by atoms with E-state index in [0.717, 1.165) is 127 Å². The number of hydrogen-bond donors (Lipinski definition) is 0.